The predicted molar refractivity (Wildman–Crippen MR) is 131 cm³/mol. The third-order valence-corrected chi connectivity index (χ3v) is 4.28. The Morgan fingerprint density at radius 2 is 1.75 bits per heavy atom. The van der Waals surface area contributed by atoms with Gasteiger partial charge in [0.1, 0.15) is 11.5 Å². The van der Waals surface area contributed by atoms with Crippen LogP contribution in [0.4, 0.5) is 0 Å². The van der Waals surface area contributed by atoms with Crippen LogP contribution in [-0.2, 0) is 0 Å². The second-order valence-electron chi connectivity index (χ2n) is 6.38. The highest BCUT2D eigenvalue weighted by Gasteiger charge is 2.15. The summed E-state index contributed by atoms with van der Waals surface area (Å²) in [5.41, 5.74) is -0.290. The van der Waals surface area contributed by atoms with Gasteiger partial charge in [-0.1, -0.05) is 23.2 Å². The van der Waals surface area contributed by atoms with Crippen LogP contribution >= 0.6 is 23.2 Å². The van der Waals surface area contributed by atoms with Crippen molar-refractivity contribution in [2.24, 2.45) is 0 Å². The fraction of sp³-hybridized carbons (Fsp3) is 0.0870. The van der Waals surface area contributed by atoms with Crippen LogP contribution in [0.1, 0.15) is 10.5 Å². The first-order valence-electron chi connectivity index (χ1n) is 9.81. The molecule has 0 unspecified atom stereocenters. The molecule has 11 nitrogen and oxygen atoms in total. The number of aromatic hydroxyl groups is 2. The van der Waals surface area contributed by atoms with Crippen molar-refractivity contribution in [3.63, 3.8) is 0 Å². The average molecular weight is 535 g/mol. The van der Waals surface area contributed by atoms with Gasteiger partial charge >= 0.3 is 5.97 Å². The monoisotopic (exact) mass is 534 g/mol. The molecule has 0 aliphatic rings. The summed E-state index contributed by atoms with van der Waals surface area (Å²) in [5, 5.41) is 19.3. The summed E-state index contributed by atoms with van der Waals surface area (Å²) in [5.74, 6) is 0.0210. The number of aromatic nitrogens is 4. The van der Waals surface area contributed by atoms with E-state index in [2.05, 4.69) is 19.9 Å². The number of halogens is 2. The van der Waals surface area contributed by atoms with Gasteiger partial charge in [-0.05, 0) is 18.2 Å². The van der Waals surface area contributed by atoms with Crippen LogP contribution in [0.25, 0.3) is 0 Å². The maximum absolute atomic E-state index is 11.6. The fourth-order valence-electron chi connectivity index (χ4n) is 2.27. The second-order valence-corrected chi connectivity index (χ2v) is 7.25. The first-order valence-corrected chi connectivity index (χ1v) is 10.6. The minimum absolute atomic E-state index is 0.0580. The number of pyridine rings is 4. The molecule has 4 rings (SSSR count). The Labute approximate surface area is 214 Å². The molecule has 13 heteroatoms. The number of ether oxygens (including phenoxy) is 3. The molecule has 0 radical (unpaired) electrons. The zero-order valence-corrected chi connectivity index (χ0v) is 20.4. The lowest BCUT2D eigenvalue weighted by atomic mass is 10.3. The van der Waals surface area contributed by atoms with Gasteiger partial charge in [-0.2, -0.15) is 0 Å². The van der Waals surface area contributed by atoms with Crippen molar-refractivity contribution in [1.29, 1.82) is 0 Å². The lowest BCUT2D eigenvalue weighted by Gasteiger charge is -2.04. The van der Waals surface area contributed by atoms with Gasteiger partial charge in [-0.25, -0.2) is 14.8 Å². The van der Waals surface area contributed by atoms with Crippen LogP contribution in [0.3, 0.4) is 0 Å². The lowest BCUT2D eigenvalue weighted by molar-refractivity contribution is 0.0724. The highest BCUT2D eigenvalue weighted by atomic mass is 35.5. The molecule has 0 aliphatic carbocycles. The minimum Gasteiger partial charge on any atom is -0.506 e. The van der Waals surface area contributed by atoms with Gasteiger partial charge < -0.3 is 29.4 Å². The van der Waals surface area contributed by atoms with E-state index in [4.69, 9.17) is 42.5 Å². The van der Waals surface area contributed by atoms with Gasteiger partial charge in [-0.3, -0.25) is 9.78 Å². The SMILES string of the molecule is COc1cc(O)cnc1OC.O=C(Oc1cncc(Cl)c1)c1ncccc1O.O=c1ccc(Cl)c[nH]1. The van der Waals surface area contributed by atoms with Crippen LogP contribution in [-0.4, -0.2) is 50.3 Å². The van der Waals surface area contributed by atoms with E-state index in [-0.39, 0.29) is 28.5 Å². The summed E-state index contributed by atoms with van der Waals surface area (Å²) < 4.78 is 14.7. The molecule has 0 aromatic carbocycles. The van der Waals surface area contributed by atoms with E-state index in [1.165, 1.54) is 75.5 Å². The number of rotatable bonds is 4. The molecule has 0 fully saturated rings. The third-order valence-electron chi connectivity index (χ3n) is 3.83. The van der Waals surface area contributed by atoms with Gasteiger partial charge in [0.15, 0.2) is 17.2 Å². The molecule has 0 aliphatic heterocycles. The molecule has 4 heterocycles. The van der Waals surface area contributed by atoms with E-state index in [0.29, 0.717) is 21.7 Å². The molecule has 0 saturated carbocycles. The highest BCUT2D eigenvalue weighted by molar-refractivity contribution is 6.30. The molecule has 4 aromatic heterocycles. The van der Waals surface area contributed by atoms with Crippen LogP contribution in [0.15, 0.2) is 72.2 Å². The largest absolute Gasteiger partial charge is 0.506 e. The number of nitrogens with zero attached hydrogens (tertiary/aromatic N) is 3. The van der Waals surface area contributed by atoms with E-state index in [1.807, 2.05) is 0 Å². The Balaban J connectivity index is 0.000000206. The Kier molecular flexibility index (Phi) is 11.0. The zero-order valence-electron chi connectivity index (χ0n) is 18.9. The molecule has 36 heavy (non-hydrogen) atoms. The Morgan fingerprint density at radius 3 is 2.33 bits per heavy atom. The maximum atomic E-state index is 11.6. The van der Waals surface area contributed by atoms with E-state index in [9.17, 15) is 14.7 Å². The van der Waals surface area contributed by atoms with Crippen molar-refractivity contribution in [2.45, 2.75) is 0 Å². The van der Waals surface area contributed by atoms with Crippen LogP contribution in [0, 0.1) is 0 Å². The van der Waals surface area contributed by atoms with Gasteiger partial charge in [0, 0.05) is 36.8 Å². The number of H-pyrrole nitrogens is 1. The van der Waals surface area contributed by atoms with Gasteiger partial charge in [-0.15, -0.1) is 0 Å². The Hall–Kier alpha value is -4.35. The first-order chi connectivity index (χ1) is 17.2. The summed E-state index contributed by atoms with van der Waals surface area (Å²) in [7, 11) is 2.97. The van der Waals surface area contributed by atoms with Crippen molar-refractivity contribution in [1.82, 2.24) is 19.9 Å². The van der Waals surface area contributed by atoms with Crippen molar-refractivity contribution >= 4 is 29.2 Å². The fourth-order valence-corrected chi connectivity index (χ4v) is 2.55. The van der Waals surface area contributed by atoms with Crippen molar-refractivity contribution in [2.75, 3.05) is 14.2 Å². The quantitative estimate of drug-likeness (QED) is 0.328. The molecule has 0 spiro atoms. The summed E-state index contributed by atoms with van der Waals surface area (Å²) >= 11 is 11.1. The molecule has 4 aromatic rings. The zero-order chi connectivity index (χ0) is 26.5. The van der Waals surface area contributed by atoms with Gasteiger partial charge in [0.2, 0.25) is 5.56 Å². The summed E-state index contributed by atoms with van der Waals surface area (Å²) in [6.07, 6.45) is 6.87. The Bertz CT molecular complexity index is 1330. The van der Waals surface area contributed by atoms with Crippen molar-refractivity contribution < 1.29 is 29.2 Å². The Morgan fingerprint density at radius 1 is 0.972 bits per heavy atom. The number of hydrogen-bond acceptors (Lipinski definition) is 10. The van der Waals surface area contributed by atoms with E-state index in [1.54, 1.807) is 6.07 Å². The molecule has 3 N–H and O–H groups in total. The number of aromatic amines is 1. The van der Waals surface area contributed by atoms with E-state index < -0.39 is 5.97 Å². The highest BCUT2D eigenvalue weighted by Crippen LogP contribution is 2.26. The number of carbonyl (C=O) groups excluding carboxylic acids is 1. The second kappa shape index (κ2) is 14.1. The number of hydrogen-bond donors (Lipinski definition) is 3. The number of nitrogens with one attached hydrogen (secondary N) is 1. The molecular weight excluding hydrogens is 515 g/mol. The number of esters is 1. The normalized spacial score (nSPS) is 9.56. The topological polar surface area (TPSA) is 157 Å². The number of carbonyl (C=O) groups is 1. The molecule has 0 saturated heterocycles. The first kappa shape index (κ1) is 27.9. The predicted octanol–water partition coefficient (Wildman–Crippen LogP) is 3.89. The molecule has 0 bridgehead atoms. The van der Waals surface area contributed by atoms with E-state index >= 15 is 0 Å². The van der Waals surface area contributed by atoms with E-state index in [0.717, 1.165) is 0 Å². The summed E-state index contributed by atoms with van der Waals surface area (Å²) in [4.78, 5) is 35.6. The van der Waals surface area contributed by atoms with Crippen molar-refractivity contribution in [3.05, 3.63) is 93.5 Å². The van der Waals surface area contributed by atoms with Crippen LogP contribution < -0.4 is 19.8 Å². The van der Waals surface area contributed by atoms with Crippen LogP contribution in [0.5, 0.6) is 28.9 Å². The number of methoxy groups -OCH3 is 2. The van der Waals surface area contributed by atoms with Gasteiger partial charge in [0.25, 0.3) is 5.88 Å². The lowest BCUT2D eigenvalue weighted by Crippen LogP contribution is -2.10. The summed E-state index contributed by atoms with van der Waals surface area (Å²) in [6, 6.07) is 8.65. The minimum atomic E-state index is -0.771. The third kappa shape index (κ3) is 9.12. The molecular formula is C23H20Cl2N4O7. The molecule has 0 atom stereocenters. The molecule has 188 valence electrons. The van der Waals surface area contributed by atoms with Gasteiger partial charge in [0.05, 0.1) is 36.7 Å². The summed E-state index contributed by atoms with van der Waals surface area (Å²) in [6.45, 7) is 0. The standard InChI is InChI=1S/C11H7ClN2O3.C7H9NO3.C5H4ClNO/c12-7-4-8(6-13-5-7)17-11(16)10-9(15)2-1-3-14-10;1-10-6-3-5(9)4-8-7(6)11-2;6-4-1-2-5(8)7-3-4/h1-6,15H;3-4,9H,1-2H3;1-3H,(H,7,8). The van der Waals surface area contributed by atoms with Crippen LogP contribution in [0.2, 0.25) is 10.0 Å². The molecule has 0 amide bonds. The van der Waals surface area contributed by atoms with Crippen molar-refractivity contribution in [3.8, 4) is 28.9 Å². The maximum Gasteiger partial charge on any atom is 0.366 e. The smallest absolute Gasteiger partial charge is 0.366 e. The average Bonchev–Trinajstić information content (AvgIpc) is 2.87.